The normalized spacial score (nSPS) is 9.85. The molecule has 2 aromatic carbocycles. The maximum absolute atomic E-state index is 11.8. The first-order valence-electron chi connectivity index (χ1n) is 7.49. The molecule has 0 atom stereocenters. The summed E-state index contributed by atoms with van der Waals surface area (Å²) in [6.45, 7) is -0.420. The van der Waals surface area contributed by atoms with Crippen molar-refractivity contribution in [1.29, 1.82) is 0 Å². The summed E-state index contributed by atoms with van der Waals surface area (Å²) in [4.78, 5) is 44.9. The van der Waals surface area contributed by atoms with E-state index in [9.17, 15) is 24.5 Å². The Balaban J connectivity index is 1.74. The number of carbonyl (C=O) groups excluding carboxylic acids is 3. The number of hydrogen-bond donors (Lipinski definition) is 2. The van der Waals surface area contributed by atoms with Gasteiger partial charge in [-0.15, -0.1) is 0 Å². The number of benzene rings is 2. The van der Waals surface area contributed by atoms with Crippen LogP contribution in [0.3, 0.4) is 0 Å². The van der Waals surface area contributed by atoms with Crippen molar-refractivity contribution in [1.82, 2.24) is 10.6 Å². The standard InChI is InChI=1S/C17H15N3O6/c21-15(19-17(23)18-10-12-4-2-1-3-5-12)11-26-16(22)13-6-8-14(9-7-13)20(24)25/h1-9H,10-11H2,(H2,18,19,21,23). The molecule has 0 saturated carbocycles. The first-order valence-corrected chi connectivity index (χ1v) is 7.49. The van der Waals surface area contributed by atoms with E-state index >= 15 is 0 Å². The predicted molar refractivity (Wildman–Crippen MR) is 90.2 cm³/mol. The molecule has 9 heteroatoms. The van der Waals surface area contributed by atoms with E-state index in [1.54, 1.807) is 0 Å². The van der Waals surface area contributed by atoms with Gasteiger partial charge in [0.2, 0.25) is 0 Å². The molecule has 134 valence electrons. The minimum absolute atomic E-state index is 0.0527. The molecule has 0 fully saturated rings. The fourth-order valence-corrected chi connectivity index (χ4v) is 1.92. The topological polar surface area (TPSA) is 128 Å². The van der Waals surface area contributed by atoms with E-state index in [4.69, 9.17) is 4.74 Å². The average molecular weight is 357 g/mol. The van der Waals surface area contributed by atoms with E-state index in [0.29, 0.717) is 0 Å². The van der Waals surface area contributed by atoms with Gasteiger partial charge in [0.05, 0.1) is 10.5 Å². The average Bonchev–Trinajstić information content (AvgIpc) is 2.65. The van der Waals surface area contributed by atoms with E-state index < -0.39 is 29.4 Å². The molecule has 0 bridgehead atoms. The Morgan fingerprint density at radius 2 is 1.65 bits per heavy atom. The maximum Gasteiger partial charge on any atom is 0.338 e. The van der Waals surface area contributed by atoms with Gasteiger partial charge >= 0.3 is 12.0 Å². The van der Waals surface area contributed by atoms with Gasteiger partial charge in [0.25, 0.3) is 11.6 Å². The summed E-state index contributed by atoms with van der Waals surface area (Å²) in [5.41, 5.74) is 0.742. The lowest BCUT2D eigenvalue weighted by atomic mass is 10.2. The smallest absolute Gasteiger partial charge is 0.338 e. The highest BCUT2D eigenvalue weighted by molar-refractivity contribution is 5.97. The van der Waals surface area contributed by atoms with E-state index in [2.05, 4.69) is 5.32 Å². The zero-order chi connectivity index (χ0) is 18.9. The molecule has 0 spiro atoms. The molecule has 0 saturated heterocycles. The molecule has 2 aromatic rings. The van der Waals surface area contributed by atoms with Gasteiger partial charge < -0.3 is 10.1 Å². The molecule has 2 N–H and O–H groups in total. The molecule has 0 aliphatic carbocycles. The van der Waals surface area contributed by atoms with Crippen LogP contribution in [0.25, 0.3) is 0 Å². The molecule has 0 aliphatic heterocycles. The van der Waals surface area contributed by atoms with Gasteiger partial charge in [-0.05, 0) is 17.7 Å². The van der Waals surface area contributed by atoms with Crippen LogP contribution in [0.1, 0.15) is 15.9 Å². The van der Waals surface area contributed by atoms with E-state index in [0.717, 1.165) is 17.7 Å². The van der Waals surface area contributed by atoms with Crippen molar-refractivity contribution in [2.75, 3.05) is 6.61 Å². The van der Waals surface area contributed by atoms with Crippen molar-refractivity contribution in [3.05, 3.63) is 75.8 Å². The molecule has 26 heavy (non-hydrogen) atoms. The van der Waals surface area contributed by atoms with Gasteiger partial charge in [-0.1, -0.05) is 30.3 Å². The lowest BCUT2D eigenvalue weighted by Gasteiger charge is -2.07. The first kappa shape index (κ1) is 18.6. The number of non-ortho nitro benzene ring substituents is 1. The van der Waals surface area contributed by atoms with Crippen LogP contribution in [0.2, 0.25) is 0 Å². The zero-order valence-corrected chi connectivity index (χ0v) is 13.5. The summed E-state index contributed by atoms with van der Waals surface area (Å²) in [6, 6.07) is 13.1. The summed E-state index contributed by atoms with van der Waals surface area (Å²) in [6.07, 6.45) is 0. The van der Waals surface area contributed by atoms with Crippen molar-refractivity contribution in [2.45, 2.75) is 6.54 Å². The number of nitrogens with one attached hydrogen (secondary N) is 2. The molecular weight excluding hydrogens is 342 g/mol. The van der Waals surface area contributed by atoms with Crippen LogP contribution in [-0.4, -0.2) is 29.4 Å². The second kappa shape index (κ2) is 8.92. The molecule has 9 nitrogen and oxygen atoms in total. The van der Waals surface area contributed by atoms with Crippen molar-refractivity contribution >= 4 is 23.6 Å². The Labute approximate surface area is 148 Å². The van der Waals surface area contributed by atoms with Crippen LogP contribution < -0.4 is 10.6 Å². The molecule has 0 radical (unpaired) electrons. The lowest BCUT2D eigenvalue weighted by Crippen LogP contribution is -2.41. The van der Waals surface area contributed by atoms with E-state index in [-0.39, 0.29) is 17.8 Å². The second-order valence-corrected chi connectivity index (χ2v) is 5.10. The maximum atomic E-state index is 11.8. The summed E-state index contributed by atoms with van der Waals surface area (Å²) in [7, 11) is 0. The highest BCUT2D eigenvalue weighted by Gasteiger charge is 2.14. The fourth-order valence-electron chi connectivity index (χ4n) is 1.92. The monoisotopic (exact) mass is 357 g/mol. The van der Waals surface area contributed by atoms with Crippen LogP contribution in [0.4, 0.5) is 10.5 Å². The van der Waals surface area contributed by atoms with Crippen LogP contribution in [-0.2, 0) is 16.1 Å². The minimum Gasteiger partial charge on any atom is -0.452 e. The predicted octanol–water partition coefficient (Wildman–Crippen LogP) is 1.78. The highest BCUT2D eigenvalue weighted by atomic mass is 16.6. The highest BCUT2D eigenvalue weighted by Crippen LogP contribution is 2.12. The second-order valence-electron chi connectivity index (χ2n) is 5.10. The fraction of sp³-hybridized carbons (Fsp3) is 0.118. The van der Waals surface area contributed by atoms with Crippen molar-refractivity contribution in [3.63, 3.8) is 0 Å². The lowest BCUT2D eigenvalue weighted by molar-refractivity contribution is -0.384. The van der Waals surface area contributed by atoms with Gasteiger partial charge in [0.1, 0.15) is 0 Å². The summed E-state index contributed by atoms with van der Waals surface area (Å²) in [5.74, 6) is -1.63. The van der Waals surface area contributed by atoms with Gasteiger partial charge in [0, 0.05) is 18.7 Å². The van der Waals surface area contributed by atoms with Crippen LogP contribution in [0.5, 0.6) is 0 Å². The van der Waals surface area contributed by atoms with E-state index in [1.165, 1.54) is 12.1 Å². The molecular formula is C17H15N3O6. The number of carbonyl (C=O) groups is 3. The van der Waals surface area contributed by atoms with Crippen LogP contribution in [0, 0.1) is 10.1 Å². The third-order valence-corrected chi connectivity index (χ3v) is 3.20. The summed E-state index contributed by atoms with van der Waals surface area (Å²) in [5, 5.41) is 15.1. The number of rotatable bonds is 6. The van der Waals surface area contributed by atoms with Crippen LogP contribution >= 0.6 is 0 Å². The Morgan fingerprint density at radius 3 is 2.27 bits per heavy atom. The Kier molecular flexibility index (Phi) is 6.38. The first-order chi connectivity index (χ1) is 12.5. The number of nitrogens with zero attached hydrogens (tertiary/aromatic N) is 1. The third-order valence-electron chi connectivity index (χ3n) is 3.20. The van der Waals surface area contributed by atoms with Crippen molar-refractivity contribution in [3.8, 4) is 0 Å². The Bertz CT molecular complexity index is 805. The number of nitro groups is 1. The number of esters is 1. The van der Waals surface area contributed by atoms with Gasteiger partial charge in [-0.2, -0.15) is 0 Å². The quantitative estimate of drug-likeness (QED) is 0.461. The molecule has 0 heterocycles. The third kappa shape index (κ3) is 5.71. The molecule has 2 rings (SSSR count). The number of imide groups is 1. The summed E-state index contributed by atoms with van der Waals surface area (Å²) < 4.78 is 4.75. The molecule has 0 aromatic heterocycles. The van der Waals surface area contributed by atoms with Gasteiger partial charge in [0.15, 0.2) is 6.61 Å². The number of ether oxygens (including phenoxy) is 1. The minimum atomic E-state index is -0.834. The molecule has 3 amide bonds. The molecule has 0 aliphatic rings. The number of hydrogen-bond acceptors (Lipinski definition) is 6. The van der Waals surface area contributed by atoms with E-state index in [1.807, 2.05) is 35.6 Å². The number of nitro benzene ring substituents is 1. The number of amides is 3. The Morgan fingerprint density at radius 1 is 1.00 bits per heavy atom. The van der Waals surface area contributed by atoms with Gasteiger partial charge in [-0.25, -0.2) is 9.59 Å². The molecule has 0 unspecified atom stereocenters. The largest absolute Gasteiger partial charge is 0.452 e. The van der Waals surface area contributed by atoms with Gasteiger partial charge in [-0.3, -0.25) is 20.2 Å². The Hall–Kier alpha value is -3.75. The number of urea groups is 1. The SMILES string of the molecule is O=C(COC(=O)c1ccc([N+](=O)[O-])cc1)NC(=O)NCc1ccccc1. The van der Waals surface area contributed by atoms with Crippen LogP contribution in [0.15, 0.2) is 54.6 Å². The van der Waals surface area contributed by atoms with Crippen molar-refractivity contribution < 1.29 is 24.0 Å². The zero-order valence-electron chi connectivity index (χ0n) is 13.5. The summed E-state index contributed by atoms with van der Waals surface area (Å²) >= 11 is 0. The van der Waals surface area contributed by atoms with Crippen molar-refractivity contribution in [2.24, 2.45) is 0 Å².